The van der Waals surface area contributed by atoms with Gasteiger partial charge in [0.05, 0.1) is 25.9 Å². The maximum absolute atomic E-state index is 5.89. The molecule has 2 rings (SSSR count). The molecule has 0 bridgehead atoms. The van der Waals surface area contributed by atoms with E-state index in [1.807, 2.05) is 31.2 Å². The highest BCUT2D eigenvalue weighted by atomic mass is 32.1. The Balaban J connectivity index is 1.76. The van der Waals surface area contributed by atoms with Crippen molar-refractivity contribution in [3.8, 4) is 11.5 Å². The van der Waals surface area contributed by atoms with E-state index in [0.717, 1.165) is 28.2 Å². The van der Waals surface area contributed by atoms with Gasteiger partial charge in [0.15, 0.2) is 5.96 Å². The summed E-state index contributed by atoms with van der Waals surface area (Å²) in [6.07, 6.45) is -0.00523. The Morgan fingerprint density at radius 1 is 1.15 bits per heavy atom. The smallest absolute Gasteiger partial charge is 0.191 e. The lowest BCUT2D eigenvalue weighted by Crippen LogP contribution is -2.41. The normalized spacial score (nSPS) is 12.8. The van der Waals surface area contributed by atoms with Crippen LogP contribution in [0, 0.1) is 0 Å². The third-order valence-corrected chi connectivity index (χ3v) is 4.61. The molecule has 1 atom stereocenters. The van der Waals surface area contributed by atoms with Gasteiger partial charge in [0.2, 0.25) is 0 Å². The van der Waals surface area contributed by atoms with Gasteiger partial charge in [-0.1, -0.05) is 13.8 Å². The monoisotopic (exact) mass is 376 g/mol. The largest absolute Gasteiger partial charge is 0.497 e. The van der Waals surface area contributed by atoms with Crippen molar-refractivity contribution in [1.82, 2.24) is 15.6 Å². The van der Waals surface area contributed by atoms with Crippen molar-refractivity contribution in [2.75, 3.05) is 20.7 Å². The Bertz CT molecular complexity index is 698. The molecule has 1 unspecified atom stereocenters. The molecular weight excluding hydrogens is 348 g/mol. The predicted molar refractivity (Wildman–Crippen MR) is 107 cm³/mol. The topological polar surface area (TPSA) is 67.8 Å². The summed E-state index contributed by atoms with van der Waals surface area (Å²) < 4.78 is 11.0. The van der Waals surface area contributed by atoms with Gasteiger partial charge in [-0.3, -0.25) is 4.99 Å². The average molecular weight is 377 g/mol. The molecule has 1 heterocycles. The molecule has 6 nitrogen and oxygen atoms in total. The molecule has 7 heteroatoms. The molecule has 0 saturated carbocycles. The van der Waals surface area contributed by atoms with Crippen molar-refractivity contribution in [1.29, 1.82) is 0 Å². The maximum atomic E-state index is 5.89. The number of hydrogen-bond donors (Lipinski definition) is 2. The number of methoxy groups -OCH3 is 1. The van der Waals surface area contributed by atoms with Crippen LogP contribution < -0.4 is 20.1 Å². The summed E-state index contributed by atoms with van der Waals surface area (Å²) in [5.41, 5.74) is 1.14. The van der Waals surface area contributed by atoms with Gasteiger partial charge < -0.3 is 20.1 Å². The fourth-order valence-corrected chi connectivity index (χ4v) is 3.12. The molecule has 26 heavy (non-hydrogen) atoms. The highest BCUT2D eigenvalue weighted by Gasteiger charge is 2.08. The Kier molecular flexibility index (Phi) is 7.72. The molecule has 2 N–H and O–H groups in total. The zero-order valence-electron chi connectivity index (χ0n) is 16.1. The van der Waals surface area contributed by atoms with Gasteiger partial charge >= 0.3 is 0 Å². The van der Waals surface area contributed by atoms with Gasteiger partial charge in [-0.05, 0) is 37.1 Å². The third-order valence-electron chi connectivity index (χ3n) is 3.75. The standard InChI is InChI=1S/C19H28N4O2S/c1-13(2)17-12-26-18(23-17)11-22-19(20-4)21-10-14(3)25-16-8-6-15(24-5)7-9-16/h6-9,12-14H,10-11H2,1-5H3,(H2,20,21,22). The van der Waals surface area contributed by atoms with Crippen molar-refractivity contribution in [2.24, 2.45) is 4.99 Å². The van der Waals surface area contributed by atoms with Crippen LogP contribution in [-0.2, 0) is 6.54 Å². The molecule has 0 radical (unpaired) electrons. The van der Waals surface area contributed by atoms with Gasteiger partial charge in [-0.25, -0.2) is 4.98 Å². The lowest BCUT2D eigenvalue weighted by molar-refractivity contribution is 0.223. The predicted octanol–water partition coefficient (Wildman–Crippen LogP) is 3.41. The number of hydrogen-bond acceptors (Lipinski definition) is 5. The van der Waals surface area contributed by atoms with Crippen LogP contribution in [0.2, 0.25) is 0 Å². The summed E-state index contributed by atoms with van der Waals surface area (Å²) in [6.45, 7) is 7.61. The second kappa shape index (κ2) is 10.0. The van der Waals surface area contributed by atoms with E-state index in [4.69, 9.17) is 9.47 Å². The van der Waals surface area contributed by atoms with E-state index in [9.17, 15) is 0 Å². The lowest BCUT2D eigenvalue weighted by atomic mass is 10.2. The van der Waals surface area contributed by atoms with E-state index in [1.165, 1.54) is 0 Å². The fourth-order valence-electron chi connectivity index (χ4n) is 2.22. The third kappa shape index (κ3) is 6.22. The minimum Gasteiger partial charge on any atom is -0.497 e. The van der Waals surface area contributed by atoms with Crippen LogP contribution in [0.15, 0.2) is 34.6 Å². The van der Waals surface area contributed by atoms with E-state index >= 15 is 0 Å². The van der Waals surface area contributed by atoms with E-state index in [2.05, 4.69) is 39.8 Å². The summed E-state index contributed by atoms with van der Waals surface area (Å²) in [4.78, 5) is 8.87. The molecule has 2 aromatic rings. The molecule has 1 aromatic heterocycles. The number of guanidine groups is 1. The first kappa shape index (κ1) is 20.0. The van der Waals surface area contributed by atoms with Crippen LogP contribution in [0.3, 0.4) is 0 Å². The van der Waals surface area contributed by atoms with Gasteiger partial charge in [0.1, 0.15) is 22.6 Å². The fraction of sp³-hybridized carbons (Fsp3) is 0.474. The highest BCUT2D eigenvalue weighted by molar-refractivity contribution is 7.09. The van der Waals surface area contributed by atoms with Crippen molar-refractivity contribution in [3.05, 3.63) is 40.3 Å². The first-order valence-corrected chi connectivity index (χ1v) is 9.59. The Morgan fingerprint density at radius 3 is 2.42 bits per heavy atom. The molecule has 0 fully saturated rings. The number of rotatable bonds is 8. The minimum atomic E-state index is -0.00523. The number of aliphatic imine (C=N–C) groups is 1. The first-order valence-electron chi connectivity index (χ1n) is 8.71. The molecular formula is C19H28N4O2S. The number of aromatic nitrogens is 1. The molecule has 0 aliphatic rings. The number of benzene rings is 1. The minimum absolute atomic E-state index is 0.00523. The second-order valence-corrected chi connectivity index (χ2v) is 7.17. The van der Waals surface area contributed by atoms with Crippen molar-refractivity contribution < 1.29 is 9.47 Å². The quantitative estimate of drug-likeness (QED) is 0.546. The van der Waals surface area contributed by atoms with Crippen molar-refractivity contribution in [3.63, 3.8) is 0 Å². The van der Waals surface area contributed by atoms with E-state index in [0.29, 0.717) is 19.0 Å². The summed E-state index contributed by atoms with van der Waals surface area (Å²) in [5, 5.41) is 9.73. The molecule has 142 valence electrons. The zero-order valence-corrected chi connectivity index (χ0v) is 16.9. The summed E-state index contributed by atoms with van der Waals surface area (Å²) in [5.74, 6) is 2.81. The van der Waals surface area contributed by atoms with Crippen molar-refractivity contribution in [2.45, 2.75) is 39.3 Å². The number of ether oxygens (including phenoxy) is 2. The molecule has 0 aliphatic heterocycles. The van der Waals surface area contributed by atoms with Gasteiger partial charge in [-0.15, -0.1) is 11.3 Å². The number of nitrogens with one attached hydrogen (secondary N) is 2. The van der Waals surface area contributed by atoms with Gasteiger partial charge in [-0.2, -0.15) is 0 Å². The molecule has 0 amide bonds. The van der Waals surface area contributed by atoms with E-state index in [1.54, 1.807) is 25.5 Å². The van der Waals surface area contributed by atoms with Gasteiger partial charge in [0.25, 0.3) is 0 Å². The average Bonchev–Trinajstić information content (AvgIpc) is 3.12. The lowest BCUT2D eigenvalue weighted by Gasteiger charge is -2.17. The molecule has 0 saturated heterocycles. The Morgan fingerprint density at radius 2 is 1.85 bits per heavy atom. The van der Waals surface area contributed by atoms with Crippen LogP contribution >= 0.6 is 11.3 Å². The summed E-state index contributed by atoms with van der Waals surface area (Å²) in [6, 6.07) is 7.57. The van der Waals surface area contributed by atoms with Crippen LogP contribution in [0.1, 0.15) is 37.4 Å². The van der Waals surface area contributed by atoms with Crippen LogP contribution in [0.4, 0.5) is 0 Å². The molecule has 1 aromatic carbocycles. The highest BCUT2D eigenvalue weighted by Crippen LogP contribution is 2.18. The Hall–Kier alpha value is -2.28. The van der Waals surface area contributed by atoms with E-state index in [-0.39, 0.29) is 6.10 Å². The Labute approximate surface area is 159 Å². The van der Waals surface area contributed by atoms with Crippen LogP contribution in [0.25, 0.3) is 0 Å². The van der Waals surface area contributed by atoms with Crippen molar-refractivity contribution >= 4 is 17.3 Å². The molecule has 0 spiro atoms. The van der Waals surface area contributed by atoms with Crippen LogP contribution in [0.5, 0.6) is 11.5 Å². The summed E-state index contributed by atoms with van der Waals surface area (Å²) >= 11 is 1.67. The zero-order chi connectivity index (χ0) is 18.9. The maximum Gasteiger partial charge on any atom is 0.191 e. The molecule has 0 aliphatic carbocycles. The summed E-state index contributed by atoms with van der Waals surface area (Å²) in [7, 11) is 3.40. The van der Waals surface area contributed by atoms with Crippen LogP contribution in [-0.4, -0.2) is 37.7 Å². The second-order valence-electron chi connectivity index (χ2n) is 6.23. The van der Waals surface area contributed by atoms with Gasteiger partial charge in [0, 0.05) is 12.4 Å². The number of nitrogens with zero attached hydrogens (tertiary/aromatic N) is 2. The number of thiazole rings is 1. The van der Waals surface area contributed by atoms with E-state index < -0.39 is 0 Å². The SMILES string of the molecule is CN=C(NCc1nc(C(C)C)cs1)NCC(C)Oc1ccc(OC)cc1. The first-order chi connectivity index (χ1) is 12.5.